The summed E-state index contributed by atoms with van der Waals surface area (Å²) in [5.41, 5.74) is 0. The Labute approximate surface area is 106 Å². The molecule has 0 radical (unpaired) electrons. The highest BCUT2D eigenvalue weighted by Crippen LogP contribution is 2.29. The maximum atomic E-state index is 12.3. The van der Waals surface area contributed by atoms with Crippen LogP contribution in [-0.4, -0.2) is 24.9 Å². The molecule has 2 unspecified atom stereocenters. The van der Waals surface area contributed by atoms with Gasteiger partial charge in [-0.15, -0.1) is 0 Å². The summed E-state index contributed by atoms with van der Waals surface area (Å²) < 4.78 is 24.7. The molecular weight excluding hydrogens is 260 g/mol. The van der Waals surface area contributed by atoms with Gasteiger partial charge in [0.1, 0.15) is 0 Å². The van der Waals surface area contributed by atoms with Crippen LogP contribution >= 0.6 is 11.6 Å². The third-order valence-corrected chi connectivity index (χ3v) is 5.68. The van der Waals surface area contributed by atoms with Gasteiger partial charge in [0.25, 0.3) is 0 Å². The van der Waals surface area contributed by atoms with Crippen LogP contribution in [0.1, 0.15) is 25.7 Å². The molecule has 1 saturated carbocycles. The van der Waals surface area contributed by atoms with Gasteiger partial charge < -0.3 is 5.11 Å². The van der Waals surface area contributed by atoms with Crippen molar-refractivity contribution in [3.05, 3.63) is 29.3 Å². The molecule has 17 heavy (non-hydrogen) atoms. The van der Waals surface area contributed by atoms with Crippen LogP contribution in [0.15, 0.2) is 29.2 Å². The summed E-state index contributed by atoms with van der Waals surface area (Å²) in [5, 5.41) is 9.54. The molecule has 0 spiro atoms. The van der Waals surface area contributed by atoms with Crippen molar-refractivity contribution in [2.45, 2.75) is 41.9 Å². The molecule has 1 aromatic carbocycles. The summed E-state index contributed by atoms with van der Waals surface area (Å²) in [7, 11) is -3.47. The molecule has 5 heteroatoms. The minimum Gasteiger partial charge on any atom is -0.392 e. The predicted molar refractivity (Wildman–Crippen MR) is 66.9 cm³/mol. The summed E-state index contributed by atoms with van der Waals surface area (Å²) in [6.07, 6.45) is 2.07. The number of aliphatic hydroxyl groups excluding tert-OH is 1. The average molecular weight is 275 g/mol. The molecule has 1 aliphatic rings. The number of hydrogen-bond donors (Lipinski definition) is 1. The fourth-order valence-corrected chi connectivity index (χ4v) is 4.45. The van der Waals surface area contributed by atoms with E-state index in [0.717, 1.165) is 12.8 Å². The molecule has 1 fully saturated rings. The van der Waals surface area contributed by atoms with Gasteiger partial charge in [0.15, 0.2) is 9.84 Å². The van der Waals surface area contributed by atoms with Gasteiger partial charge in [-0.25, -0.2) is 8.42 Å². The van der Waals surface area contributed by atoms with Crippen LogP contribution < -0.4 is 0 Å². The number of aliphatic hydroxyl groups is 1. The Bertz CT molecular complexity index is 498. The maximum Gasteiger partial charge on any atom is 0.183 e. The Balaban J connectivity index is 2.35. The zero-order valence-electron chi connectivity index (χ0n) is 9.34. The molecule has 0 aliphatic heterocycles. The lowest BCUT2D eigenvalue weighted by Gasteiger charge is -2.27. The Kier molecular flexibility index (Phi) is 3.76. The van der Waals surface area contributed by atoms with Crippen LogP contribution in [0.4, 0.5) is 0 Å². The third-order valence-electron chi connectivity index (χ3n) is 3.19. The second-order valence-electron chi connectivity index (χ2n) is 4.39. The highest BCUT2D eigenvalue weighted by molar-refractivity contribution is 7.92. The van der Waals surface area contributed by atoms with E-state index in [1.54, 1.807) is 12.1 Å². The Morgan fingerprint density at radius 2 is 1.94 bits per heavy atom. The Morgan fingerprint density at radius 1 is 1.24 bits per heavy atom. The molecule has 2 rings (SSSR count). The normalized spacial score (nSPS) is 25.8. The fraction of sp³-hybridized carbons (Fsp3) is 0.500. The van der Waals surface area contributed by atoms with E-state index in [9.17, 15) is 13.5 Å². The molecule has 1 aliphatic carbocycles. The van der Waals surface area contributed by atoms with E-state index in [1.807, 2.05) is 0 Å². The second kappa shape index (κ2) is 4.96. The fourth-order valence-electron chi connectivity index (χ4n) is 2.26. The predicted octanol–water partition coefficient (Wildman–Crippen LogP) is 2.42. The molecule has 0 saturated heterocycles. The van der Waals surface area contributed by atoms with Crippen molar-refractivity contribution in [1.29, 1.82) is 0 Å². The van der Waals surface area contributed by atoms with Gasteiger partial charge in [0.2, 0.25) is 0 Å². The van der Waals surface area contributed by atoms with Gasteiger partial charge in [-0.1, -0.05) is 30.5 Å². The van der Waals surface area contributed by atoms with Crippen molar-refractivity contribution in [1.82, 2.24) is 0 Å². The number of hydrogen-bond acceptors (Lipinski definition) is 3. The molecule has 0 amide bonds. The van der Waals surface area contributed by atoms with E-state index in [4.69, 9.17) is 11.6 Å². The first kappa shape index (κ1) is 12.9. The zero-order valence-corrected chi connectivity index (χ0v) is 10.9. The molecule has 2 atom stereocenters. The standard InChI is InChI=1S/C12H15ClO3S/c13-9-4-3-5-10(8-9)17(15,16)12-7-2-1-6-11(12)14/h3-5,8,11-12,14H,1-2,6-7H2. The Hall–Kier alpha value is -0.580. The van der Waals surface area contributed by atoms with Gasteiger partial charge in [-0.05, 0) is 31.0 Å². The molecule has 0 bridgehead atoms. The van der Waals surface area contributed by atoms with E-state index in [2.05, 4.69) is 0 Å². The van der Waals surface area contributed by atoms with Crippen LogP contribution in [0.25, 0.3) is 0 Å². The minimum absolute atomic E-state index is 0.205. The zero-order chi connectivity index (χ0) is 12.5. The van der Waals surface area contributed by atoms with Crippen molar-refractivity contribution < 1.29 is 13.5 Å². The number of halogens is 1. The summed E-state index contributed by atoms with van der Waals surface area (Å²) in [4.78, 5) is 0.205. The molecular formula is C12H15ClO3S. The molecule has 1 aromatic rings. The van der Waals surface area contributed by atoms with Crippen LogP contribution in [0.2, 0.25) is 5.02 Å². The third kappa shape index (κ3) is 2.64. The highest BCUT2D eigenvalue weighted by Gasteiger charge is 2.35. The van der Waals surface area contributed by atoms with Crippen molar-refractivity contribution in [3.63, 3.8) is 0 Å². The van der Waals surface area contributed by atoms with E-state index in [1.165, 1.54) is 12.1 Å². The SMILES string of the molecule is O=S(=O)(c1cccc(Cl)c1)C1CCCCC1O. The van der Waals surface area contributed by atoms with E-state index in [-0.39, 0.29) is 4.90 Å². The molecule has 94 valence electrons. The second-order valence-corrected chi connectivity index (χ2v) is 7.00. The molecule has 0 aromatic heterocycles. The first-order valence-electron chi connectivity index (χ1n) is 5.69. The Morgan fingerprint density at radius 3 is 2.59 bits per heavy atom. The topological polar surface area (TPSA) is 54.4 Å². The molecule has 0 heterocycles. The lowest BCUT2D eigenvalue weighted by Crippen LogP contribution is -2.36. The first-order valence-corrected chi connectivity index (χ1v) is 7.62. The summed E-state index contributed by atoms with van der Waals surface area (Å²) >= 11 is 5.80. The van der Waals surface area contributed by atoms with Crippen molar-refractivity contribution in [3.8, 4) is 0 Å². The molecule has 3 nitrogen and oxygen atoms in total. The van der Waals surface area contributed by atoms with Crippen LogP contribution in [-0.2, 0) is 9.84 Å². The van der Waals surface area contributed by atoms with Crippen molar-refractivity contribution in [2.75, 3.05) is 0 Å². The van der Waals surface area contributed by atoms with Crippen LogP contribution in [0, 0.1) is 0 Å². The van der Waals surface area contributed by atoms with E-state index < -0.39 is 21.2 Å². The largest absolute Gasteiger partial charge is 0.392 e. The van der Waals surface area contributed by atoms with Gasteiger partial charge in [-0.3, -0.25) is 0 Å². The monoisotopic (exact) mass is 274 g/mol. The van der Waals surface area contributed by atoms with E-state index >= 15 is 0 Å². The number of sulfone groups is 1. The van der Waals surface area contributed by atoms with E-state index in [0.29, 0.717) is 17.9 Å². The first-order chi connectivity index (χ1) is 8.01. The highest BCUT2D eigenvalue weighted by atomic mass is 35.5. The smallest absolute Gasteiger partial charge is 0.183 e. The van der Waals surface area contributed by atoms with Crippen molar-refractivity contribution >= 4 is 21.4 Å². The number of rotatable bonds is 2. The lowest BCUT2D eigenvalue weighted by molar-refractivity contribution is 0.133. The summed E-state index contributed by atoms with van der Waals surface area (Å²) in [6.45, 7) is 0. The van der Waals surface area contributed by atoms with Gasteiger partial charge in [0.05, 0.1) is 16.2 Å². The molecule has 1 N–H and O–H groups in total. The lowest BCUT2D eigenvalue weighted by atomic mass is 9.97. The van der Waals surface area contributed by atoms with Gasteiger partial charge in [0, 0.05) is 5.02 Å². The average Bonchev–Trinajstić information content (AvgIpc) is 2.29. The summed E-state index contributed by atoms with van der Waals surface area (Å²) in [6, 6.07) is 6.23. The van der Waals surface area contributed by atoms with Gasteiger partial charge in [-0.2, -0.15) is 0 Å². The number of benzene rings is 1. The minimum atomic E-state index is -3.47. The van der Waals surface area contributed by atoms with Crippen LogP contribution in [0.3, 0.4) is 0 Å². The summed E-state index contributed by atoms with van der Waals surface area (Å²) in [5.74, 6) is 0. The van der Waals surface area contributed by atoms with Crippen LogP contribution in [0.5, 0.6) is 0 Å². The maximum absolute atomic E-state index is 12.3. The quantitative estimate of drug-likeness (QED) is 0.901. The van der Waals surface area contributed by atoms with Gasteiger partial charge >= 0.3 is 0 Å². The van der Waals surface area contributed by atoms with Crippen molar-refractivity contribution in [2.24, 2.45) is 0 Å².